The summed E-state index contributed by atoms with van der Waals surface area (Å²) in [4.78, 5) is 25.7. The Morgan fingerprint density at radius 1 is 1.42 bits per heavy atom. The fourth-order valence-corrected chi connectivity index (χ4v) is 4.42. The molecule has 0 aliphatic carbocycles. The first-order valence-electron chi connectivity index (χ1n) is 7.44. The summed E-state index contributed by atoms with van der Waals surface area (Å²) in [7, 11) is -1.53. The van der Waals surface area contributed by atoms with Gasteiger partial charge in [0, 0.05) is 19.2 Å². The van der Waals surface area contributed by atoms with E-state index in [-0.39, 0.29) is 30.0 Å². The summed E-state index contributed by atoms with van der Waals surface area (Å²) in [5.41, 5.74) is 0.0320. The Morgan fingerprint density at radius 2 is 2.21 bits per heavy atom. The lowest BCUT2D eigenvalue weighted by molar-refractivity contribution is -0.132. The van der Waals surface area contributed by atoms with Gasteiger partial charge in [-0.15, -0.1) is 0 Å². The van der Waals surface area contributed by atoms with Gasteiger partial charge in [0.15, 0.2) is 15.6 Å². The van der Waals surface area contributed by atoms with Crippen LogP contribution in [0.2, 0.25) is 0 Å². The molecule has 1 aliphatic heterocycles. The lowest BCUT2D eigenvalue weighted by atomic mass is 10.2. The van der Waals surface area contributed by atoms with E-state index in [9.17, 15) is 18.0 Å². The van der Waals surface area contributed by atoms with Gasteiger partial charge in [0.2, 0.25) is 5.91 Å². The Labute approximate surface area is 138 Å². The number of hydrogen-bond acceptors (Lipinski definition) is 6. The topological polar surface area (TPSA) is 102 Å². The first-order chi connectivity index (χ1) is 11.4. The molecule has 1 amide bonds. The quantitative estimate of drug-likeness (QED) is 0.777. The Hall–Kier alpha value is -2.42. The van der Waals surface area contributed by atoms with E-state index in [0.29, 0.717) is 17.9 Å². The predicted molar refractivity (Wildman–Crippen MR) is 86.0 cm³/mol. The molecule has 2 aromatic heterocycles. The van der Waals surface area contributed by atoms with Gasteiger partial charge in [-0.1, -0.05) is 0 Å². The molecule has 3 rings (SSSR count). The highest BCUT2D eigenvalue weighted by molar-refractivity contribution is 7.91. The zero-order chi connectivity index (χ0) is 17.3. The second-order valence-corrected chi connectivity index (χ2v) is 7.98. The van der Waals surface area contributed by atoms with Crippen LogP contribution < -0.4 is 5.56 Å². The number of nitrogens with zero attached hydrogens (tertiary/aromatic N) is 3. The van der Waals surface area contributed by atoms with Crippen LogP contribution in [0.5, 0.6) is 0 Å². The second-order valence-electron chi connectivity index (χ2n) is 5.75. The zero-order valence-corrected chi connectivity index (χ0v) is 13.9. The minimum Gasteiger partial charge on any atom is -0.463 e. The maximum atomic E-state index is 12.4. The number of carbonyl (C=O) groups excluding carboxylic acids is 1. The van der Waals surface area contributed by atoms with Gasteiger partial charge in [0.25, 0.3) is 5.56 Å². The number of likely N-dealkylation sites (N-methyl/N-ethyl adjacent to an activating group) is 1. The van der Waals surface area contributed by atoms with Gasteiger partial charge in [-0.05, 0) is 24.6 Å². The zero-order valence-electron chi connectivity index (χ0n) is 13.1. The third-order valence-corrected chi connectivity index (χ3v) is 5.83. The van der Waals surface area contributed by atoms with Crippen LogP contribution in [0.1, 0.15) is 6.42 Å². The number of sulfone groups is 1. The van der Waals surface area contributed by atoms with Gasteiger partial charge < -0.3 is 9.32 Å². The molecule has 3 heterocycles. The van der Waals surface area contributed by atoms with Crippen LogP contribution in [-0.2, 0) is 21.2 Å². The highest BCUT2D eigenvalue weighted by atomic mass is 32.2. The van der Waals surface area contributed by atoms with Crippen molar-refractivity contribution in [3.05, 3.63) is 40.9 Å². The Balaban J connectivity index is 1.77. The summed E-state index contributed by atoms with van der Waals surface area (Å²) in [5.74, 6) is 0.181. The van der Waals surface area contributed by atoms with Gasteiger partial charge >= 0.3 is 0 Å². The van der Waals surface area contributed by atoms with Crippen molar-refractivity contribution < 1.29 is 17.6 Å². The molecule has 1 saturated heterocycles. The predicted octanol–water partition coefficient (Wildman–Crippen LogP) is 0.149. The van der Waals surface area contributed by atoms with Crippen LogP contribution in [0.4, 0.5) is 0 Å². The minimum absolute atomic E-state index is 0.0377. The van der Waals surface area contributed by atoms with E-state index in [0.717, 1.165) is 4.68 Å². The van der Waals surface area contributed by atoms with Crippen molar-refractivity contribution in [1.82, 2.24) is 14.7 Å². The monoisotopic (exact) mass is 351 g/mol. The molecule has 0 saturated carbocycles. The summed E-state index contributed by atoms with van der Waals surface area (Å²) in [6, 6.07) is 5.89. The van der Waals surface area contributed by atoms with Crippen LogP contribution in [-0.4, -0.2) is 53.6 Å². The summed E-state index contributed by atoms with van der Waals surface area (Å²) in [6.45, 7) is -0.250. The van der Waals surface area contributed by atoms with Gasteiger partial charge in [0.05, 0.1) is 17.8 Å². The molecule has 0 unspecified atom stereocenters. The molecule has 24 heavy (non-hydrogen) atoms. The summed E-state index contributed by atoms with van der Waals surface area (Å²) >= 11 is 0. The number of furan rings is 1. The summed E-state index contributed by atoms with van der Waals surface area (Å²) in [6.07, 6.45) is 1.91. The van der Waals surface area contributed by atoms with Gasteiger partial charge in [-0.2, -0.15) is 5.10 Å². The van der Waals surface area contributed by atoms with Crippen molar-refractivity contribution >= 4 is 15.7 Å². The highest BCUT2D eigenvalue weighted by Gasteiger charge is 2.32. The average Bonchev–Trinajstić information content (AvgIpc) is 3.18. The average molecular weight is 351 g/mol. The molecule has 8 nitrogen and oxygen atoms in total. The minimum atomic E-state index is -3.08. The SMILES string of the molecule is CN(C(=O)Cn1nc(-c2ccco2)ccc1=O)[C@H]1CCS(=O)(=O)C1. The van der Waals surface area contributed by atoms with Gasteiger partial charge in [-0.25, -0.2) is 13.1 Å². The standard InChI is InChI=1S/C15H17N3O5S/c1-17(11-6-8-24(21,22)10-11)15(20)9-18-14(19)5-4-12(16-18)13-3-2-7-23-13/h2-5,7,11H,6,8-10H2,1H3/t11-/m0/s1. The maximum Gasteiger partial charge on any atom is 0.267 e. The first kappa shape index (κ1) is 16.4. The number of aromatic nitrogens is 2. The van der Waals surface area contributed by atoms with E-state index in [1.54, 1.807) is 19.2 Å². The van der Waals surface area contributed by atoms with E-state index >= 15 is 0 Å². The van der Waals surface area contributed by atoms with Crippen molar-refractivity contribution in [2.45, 2.75) is 19.0 Å². The Bertz CT molecular complexity index is 901. The van der Waals surface area contributed by atoms with Crippen LogP contribution in [0.25, 0.3) is 11.5 Å². The molecule has 2 aromatic rings. The summed E-state index contributed by atoms with van der Waals surface area (Å²) < 4.78 is 29.4. The fourth-order valence-electron chi connectivity index (χ4n) is 2.64. The highest BCUT2D eigenvalue weighted by Crippen LogP contribution is 2.17. The lowest BCUT2D eigenvalue weighted by Crippen LogP contribution is -2.41. The molecule has 0 aromatic carbocycles. The third-order valence-electron chi connectivity index (χ3n) is 4.07. The molecule has 1 atom stereocenters. The van der Waals surface area contributed by atoms with Crippen LogP contribution >= 0.6 is 0 Å². The molecule has 128 valence electrons. The summed E-state index contributed by atoms with van der Waals surface area (Å²) in [5, 5.41) is 4.14. The van der Waals surface area contributed by atoms with E-state index in [1.807, 2.05) is 0 Å². The largest absolute Gasteiger partial charge is 0.463 e. The number of rotatable bonds is 4. The molecule has 9 heteroatoms. The maximum absolute atomic E-state index is 12.4. The molecule has 1 fully saturated rings. The van der Waals surface area contributed by atoms with E-state index in [4.69, 9.17) is 4.42 Å². The molecule has 0 bridgehead atoms. The van der Waals surface area contributed by atoms with Crippen LogP contribution in [0, 0.1) is 0 Å². The molecule has 0 N–H and O–H groups in total. The molecule has 0 radical (unpaired) electrons. The van der Waals surface area contributed by atoms with E-state index < -0.39 is 15.4 Å². The van der Waals surface area contributed by atoms with E-state index in [1.165, 1.54) is 23.3 Å². The normalized spacial score (nSPS) is 19.3. The smallest absolute Gasteiger partial charge is 0.267 e. The number of carbonyl (C=O) groups is 1. The molecular formula is C15H17N3O5S. The number of hydrogen-bond donors (Lipinski definition) is 0. The fraction of sp³-hybridized carbons (Fsp3) is 0.400. The Kier molecular flexibility index (Phi) is 4.27. The van der Waals surface area contributed by atoms with Crippen LogP contribution in [0.3, 0.4) is 0 Å². The molecular weight excluding hydrogens is 334 g/mol. The van der Waals surface area contributed by atoms with E-state index in [2.05, 4.69) is 5.10 Å². The third kappa shape index (κ3) is 3.40. The molecule has 1 aliphatic rings. The lowest BCUT2D eigenvalue weighted by Gasteiger charge is -2.23. The Morgan fingerprint density at radius 3 is 2.83 bits per heavy atom. The van der Waals surface area contributed by atoms with Gasteiger partial charge in [0.1, 0.15) is 12.2 Å². The van der Waals surface area contributed by atoms with Crippen molar-refractivity contribution in [2.75, 3.05) is 18.6 Å². The van der Waals surface area contributed by atoms with Crippen molar-refractivity contribution in [1.29, 1.82) is 0 Å². The first-order valence-corrected chi connectivity index (χ1v) is 9.26. The van der Waals surface area contributed by atoms with Crippen molar-refractivity contribution in [2.24, 2.45) is 0 Å². The molecule has 0 spiro atoms. The number of amides is 1. The van der Waals surface area contributed by atoms with Crippen molar-refractivity contribution in [3.8, 4) is 11.5 Å². The van der Waals surface area contributed by atoms with Crippen LogP contribution in [0.15, 0.2) is 39.7 Å². The second kappa shape index (κ2) is 6.23. The van der Waals surface area contributed by atoms with Crippen molar-refractivity contribution in [3.63, 3.8) is 0 Å². The van der Waals surface area contributed by atoms with Gasteiger partial charge in [-0.3, -0.25) is 9.59 Å².